The van der Waals surface area contributed by atoms with Gasteiger partial charge in [-0.3, -0.25) is 9.52 Å². The molecule has 10 heteroatoms. The summed E-state index contributed by atoms with van der Waals surface area (Å²) in [6.07, 6.45) is 2.81. The second-order valence-electron chi connectivity index (χ2n) is 10.2. The van der Waals surface area contributed by atoms with E-state index in [0.29, 0.717) is 28.7 Å². The van der Waals surface area contributed by atoms with Crippen molar-refractivity contribution < 1.29 is 26.4 Å². The molecule has 6 nitrogen and oxygen atoms in total. The molecule has 2 aliphatic rings. The van der Waals surface area contributed by atoms with Gasteiger partial charge in [0.2, 0.25) is 0 Å². The molecule has 1 aliphatic carbocycles. The summed E-state index contributed by atoms with van der Waals surface area (Å²) >= 11 is 0. The topological polar surface area (TPSA) is 78.5 Å². The average Bonchev–Trinajstić information content (AvgIpc) is 2.87. The zero-order chi connectivity index (χ0) is 26.6. The first-order valence-corrected chi connectivity index (χ1v) is 14.3. The van der Waals surface area contributed by atoms with E-state index >= 15 is 0 Å². The minimum absolute atomic E-state index is 0.0546. The van der Waals surface area contributed by atoms with E-state index in [2.05, 4.69) is 17.0 Å². The van der Waals surface area contributed by atoms with Crippen molar-refractivity contribution in [1.82, 2.24) is 10.2 Å². The predicted molar refractivity (Wildman–Crippen MR) is 136 cm³/mol. The van der Waals surface area contributed by atoms with Gasteiger partial charge in [-0.15, -0.1) is 0 Å². The second kappa shape index (κ2) is 11.4. The van der Waals surface area contributed by atoms with Gasteiger partial charge in [-0.1, -0.05) is 56.4 Å². The van der Waals surface area contributed by atoms with Crippen LogP contribution in [-0.4, -0.2) is 38.0 Å². The summed E-state index contributed by atoms with van der Waals surface area (Å²) in [6.45, 7) is 2.32. The molecule has 4 rings (SSSR count). The van der Waals surface area contributed by atoms with Crippen LogP contribution in [0.4, 0.5) is 18.9 Å². The first kappa shape index (κ1) is 27.4. The minimum atomic E-state index is -4.96. The van der Waals surface area contributed by atoms with Gasteiger partial charge in [-0.05, 0) is 60.6 Å². The monoisotopic (exact) mass is 537 g/mol. The van der Waals surface area contributed by atoms with Crippen LogP contribution in [0.25, 0.3) is 0 Å². The fraction of sp³-hybridized carbons (Fsp3) is 0.519. The van der Waals surface area contributed by atoms with Crippen LogP contribution >= 0.6 is 0 Å². The van der Waals surface area contributed by atoms with Crippen LogP contribution in [0.5, 0.6) is 0 Å². The Labute approximate surface area is 216 Å². The molecule has 1 amide bonds. The normalized spacial score (nSPS) is 17.8. The highest BCUT2D eigenvalue weighted by atomic mass is 32.2. The van der Waals surface area contributed by atoms with E-state index in [1.54, 1.807) is 18.2 Å². The first-order chi connectivity index (χ1) is 17.5. The van der Waals surface area contributed by atoms with Crippen LogP contribution in [0.15, 0.2) is 47.4 Å². The van der Waals surface area contributed by atoms with Crippen LogP contribution in [0, 0.1) is 5.92 Å². The number of nitrogens with one attached hydrogen (secondary N) is 2. The SMILES string of the molecule is CC(CC1CCCCC1)NCc1ccccc1NS(=O)(=O)c1ccc2c(c1)CN(C(=O)C(F)(F)F)CC2. The number of benzene rings is 2. The summed E-state index contributed by atoms with van der Waals surface area (Å²) in [6, 6.07) is 11.9. The summed E-state index contributed by atoms with van der Waals surface area (Å²) in [4.78, 5) is 12.3. The predicted octanol–water partition coefficient (Wildman–Crippen LogP) is 5.38. The van der Waals surface area contributed by atoms with Crippen molar-refractivity contribution >= 4 is 21.6 Å². The molecule has 0 bridgehead atoms. The van der Waals surface area contributed by atoms with E-state index < -0.39 is 22.1 Å². The van der Waals surface area contributed by atoms with Crippen molar-refractivity contribution in [2.45, 2.75) is 82.1 Å². The number of hydrogen-bond donors (Lipinski definition) is 2. The number of fused-ring (bicyclic) bond motifs is 1. The summed E-state index contributed by atoms with van der Waals surface area (Å²) in [5.41, 5.74) is 2.40. The Morgan fingerprint density at radius 1 is 1.08 bits per heavy atom. The summed E-state index contributed by atoms with van der Waals surface area (Å²) in [5, 5.41) is 3.52. The van der Waals surface area contributed by atoms with Gasteiger partial charge in [0.25, 0.3) is 10.0 Å². The van der Waals surface area contributed by atoms with E-state index in [1.165, 1.54) is 44.2 Å². The van der Waals surface area contributed by atoms with Gasteiger partial charge < -0.3 is 10.2 Å². The van der Waals surface area contributed by atoms with Crippen LogP contribution in [0.2, 0.25) is 0 Å². The quantitative estimate of drug-likeness (QED) is 0.474. The van der Waals surface area contributed by atoms with Crippen molar-refractivity contribution in [2.75, 3.05) is 11.3 Å². The number of nitrogens with zero attached hydrogens (tertiary/aromatic N) is 1. The van der Waals surface area contributed by atoms with Gasteiger partial charge in [0.15, 0.2) is 0 Å². The number of rotatable bonds is 8. The summed E-state index contributed by atoms with van der Waals surface area (Å²) in [7, 11) is -4.00. The van der Waals surface area contributed by atoms with Crippen LogP contribution < -0.4 is 10.0 Å². The van der Waals surface area contributed by atoms with E-state index in [4.69, 9.17) is 0 Å². The lowest BCUT2D eigenvalue weighted by atomic mass is 9.85. The van der Waals surface area contributed by atoms with E-state index in [1.807, 2.05) is 12.1 Å². The molecule has 1 unspecified atom stereocenters. The van der Waals surface area contributed by atoms with Crippen molar-refractivity contribution in [1.29, 1.82) is 0 Å². The first-order valence-electron chi connectivity index (χ1n) is 12.8. The Hall–Kier alpha value is -2.59. The molecular formula is C27H34F3N3O3S. The lowest BCUT2D eigenvalue weighted by Gasteiger charge is -2.29. The number of anilines is 1. The maximum Gasteiger partial charge on any atom is 0.471 e. The zero-order valence-electron chi connectivity index (χ0n) is 21.0. The molecule has 0 saturated heterocycles. The summed E-state index contributed by atoms with van der Waals surface area (Å²) in [5.74, 6) is -1.18. The highest BCUT2D eigenvalue weighted by Gasteiger charge is 2.43. The largest absolute Gasteiger partial charge is 0.471 e. The number of carbonyl (C=O) groups excluding carboxylic acids is 1. The Morgan fingerprint density at radius 2 is 1.81 bits per heavy atom. The number of sulfonamides is 1. The fourth-order valence-electron chi connectivity index (χ4n) is 5.32. The molecule has 1 saturated carbocycles. The summed E-state index contributed by atoms with van der Waals surface area (Å²) < 4.78 is 67.7. The molecule has 202 valence electrons. The van der Waals surface area contributed by atoms with Gasteiger partial charge in [0.05, 0.1) is 10.6 Å². The Kier molecular flexibility index (Phi) is 8.48. The molecule has 37 heavy (non-hydrogen) atoms. The number of carbonyl (C=O) groups is 1. The highest BCUT2D eigenvalue weighted by Crippen LogP contribution is 2.29. The number of amides is 1. The van der Waals surface area contributed by atoms with Gasteiger partial charge in [0.1, 0.15) is 0 Å². The molecule has 1 heterocycles. The molecule has 0 aromatic heterocycles. The molecule has 0 radical (unpaired) electrons. The number of alkyl halides is 3. The van der Waals surface area contributed by atoms with E-state index in [-0.39, 0.29) is 24.4 Å². The fourth-order valence-corrected chi connectivity index (χ4v) is 6.47. The lowest BCUT2D eigenvalue weighted by Crippen LogP contribution is -2.43. The average molecular weight is 538 g/mol. The molecule has 2 aromatic carbocycles. The molecule has 1 aliphatic heterocycles. The van der Waals surface area contributed by atoms with Gasteiger partial charge in [0, 0.05) is 25.7 Å². The van der Waals surface area contributed by atoms with Crippen LogP contribution in [0.1, 0.15) is 62.1 Å². The highest BCUT2D eigenvalue weighted by molar-refractivity contribution is 7.92. The number of para-hydroxylation sites is 1. The maximum absolute atomic E-state index is 13.2. The Bertz CT molecular complexity index is 1210. The third-order valence-corrected chi connectivity index (χ3v) is 8.71. The van der Waals surface area contributed by atoms with Crippen LogP contribution in [-0.2, 0) is 34.3 Å². The van der Waals surface area contributed by atoms with Gasteiger partial charge in [-0.2, -0.15) is 13.2 Å². The molecule has 1 fully saturated rings. The zero-order valence-corrected chi connectivity index (χ0v) is 21.8. The van der Waals surface area contributed by atoms with Crippen molar-refractivity contribution in [2.24, 2.45) is 5.92 Å². The van der Waals surface area contributed by atoms with Gasteiger partial charge in [-0.25, -0.2) is 8.42 Å². The van der Waals surface area contributed by atoms with E-state index in [9.17, 15) is 26.4 Å². The maximum atomic E-state index is 13.2. The minimum Gasteiger partial charge on any atom is -0.330 e. The number of hydrogen-bond acceptors (Lipinski definition) is 4. The van der Waals surface area contributed by atoms with Crippen LogP contribution in [0.3, 0.4) is 0 Å². The molecular weight excluding hydrogens is 503 g/mol. The van der Waals surface area contributed by atoms with E-state index in [0.717, 1.165) is 23.5 Å². The second-order valence-corrected chi connectivity index (χ2v) is 11.9. The van der Waals surface area contributed by atoms with Crippen molar-refractivity contribution in [3.63, 3.8) is 0 Å². The molecule has 2 aromatic rings. The third kappa shape index (κ3) is 7.04. The molecule has 0 spiro atoms. The van der Waals surface area contributed by atoms with Crippen molar-refractivity contribution in [3.8, 4) is 0 Å². The van der Waals surface area contributed by atoms with Crippen molar-refractivity contribution in [3.05, 3.63) is 59.2 Å². The molecule has 1 atom stereocenters. The third-order valence-electron chi connectivity index (χ3n) is 7.34. The molecule has 2 N–H and O–H groups in total. The lowest BCUT2D eigenvalue weighted by molar-refractivity contribution is -0.186. The smallest absolute Gasteiger partial charge is 0.330 e. The number of halogens is 3. The van der Waals surface area contributed by atoms with Gasteiger partial charge >= 0.3 is 12.1 Å². The Balaban J connectivity index is 1.44. The standard InChI is InChI=1S/C27H34F3N3O3S/c1-19(15-20-7-3-2-4-8-20)31-17-22-9-5-6-10-25(22)32-37(35,36)24-12-11-21-13-14-33(18-23(21)16-24)26(34)27(28,29)30/h5-6,9-12,16,19-20,31-32H,2-4,7-8,13-15,17-18H2,1H3. The Morgan fingerprint density at radius 3 is 2.54 bits per heavy atom.